The van der Waals surface area contributed by atoms with Crippen LogP contribution in [-0.4, -0.2) is 21.6 Å². The SMILES string of the molecule is CCc1ccc(S(=O)(=O)Nc2cccc(NC(=O)OC)c2)s1. The van der Waals surface area contributed by atoms with Crippen LogP contribution in [0.25, 0.3) is 0 Å². The van der Waals surface area contributed by atoms with Crippen molar-refractivity contribution in [3.63, 3.8) is 0 Å². The molecule has 0 aliphatic heterocycles. The maximum absolute atomic E-state index is 12.3. The summed E-state index contributed by atoms with van der Waals surface area (Å²) in [5.41, 5.74) is 0.799. The van der Waals surface area contributed by atoms with Gasteiger partial charge in [-0.3, -0.25) is 10.0 Å². The zero-order chi connectivity index (χ0) is 16.2. The number of ether oxygens (including phenoxy) is 1. The van der Waals surface area contributed by atoms with Crippen molar-refractivity contribution in [2.75, 3.05) is 17.1 Å². The second kappa shape index (κ2) is 6.80. The number of thiophene rings is 1. The number of sulfonamides is 1. The van der Waals surface area contributed by atoms with Crippen molar-refractivity contribution in [2.45, 2.75) is 17.6 Å². The average Bonchev–Trinajstić information content (AvgIpc) is 2.97. The lowest BCUT2D eigenvalue weighted by molar-refractivity contribution is 0.187. The van der Waals surface area contributed by atoms with Gasteiger partial charge in [-0.15, -0.1) is 11.3 Å². The van der Waals surface area contributed by atoms with Gasteiger partial charge >= 0.3 is 6.09 Å². The van der Waals surface area contributed by atoms with E-state index in [0.717, 1.165) is 11.3 Å². The molecule has 0 bridgehead atoms. The standard InChI is InChI=1S/C14H16N2O4S2/c1-3-12-7-8-13(21-12)22(18,19)16-11-6-4-5-10(9-11)15-14(17)20-2/h4-9,16H,3H2,1-2H3,(H,15,17). The van der Waals surface area contributed by atoms with E-state index in [1.165, 1.54) is 24.5 Å². The smallest absolute Gasteiger partial charge is 0.411 e. The molecule has 0 saturated carbocycles. The van der Waals surface area contributed by atoms with Crippen LogP contribution in [0.3, 0.4) is 0 Å². The fourth-order valence-electron chi connectivity index (χ4n) is 1.73. The molecule has 0 radical (unpaired) electrons. The van der Waals surface area contributed by atoms with Crippen LogP contribution in [0.15, 0.2) is 40.6 Å². The summed E-state index contributed by atoms with van der Waals surface area (Å²) in [6.07, 6.45) is 0.171. The monoisotopic (exact) mass is 340 g/mol. The van der Waals surface area contributed by atoms with Crippen molar-refractivity contribution >= 4 is 38.8 Å². The van der Waals surface area contributed by atoms with E-state index in [1.807, 2.05) is 6.92 Å². The first-order valence-corrected chi connectivity index (χ1v) is 8.81. The molecule has 8 heteroatoms. The molecule has 0 unspecified atom stereocenters. The van der Waals surface area contributed by atoms with E-state index >= 15 is 0 Å². The molecular formula is C14H16N2O4S2. The molecular weight excluding hydrogens is 324 g/mol. The van der Waals surface area contributed by atoms with E-state index in [2.05, 4.69) is 14.8 Å². The van der Waals surface area contributed by atoms with Crippen molar-refractivity contribution < 1.29 is 17.9 Å². The number of rotatable bonds is 5. The molecule has 0 saturated heterocycles. The summed E-state index contributed by atoms with van der Waals surface area (Å²) in [6.45, 7) is 1.97. The fourth-order valence-corrected chi connectivity index (χ4v) is 4.07. The summed E-state index contributed by atoms with van der Waals surface area (Å²) in [6, 6.07) is 9.78. The third-order valence-corrected chi connectivity index (χ3v) is 5.90. The highest BCUT2D eigenvalue weighted by molar-refractivity contribution is 7.94. The number of nitrogens with one attached hydrogen (secondary N) is 2. The molecule has 1 amide bonds. The van der Waals surface area contributed by atoms with Gasteiger partial charge in [0.1, 0.15) is 4.21 Å². The Balaban J connectivity index is 2.19. The second-order valence-electron chi connectivity index (χ2n) is 4.38. The molecule has 1 aromatic heterocycles. The topological polar surface area (TPSA) is 84.5 Å². The average molecular weight is 340 g/mol. The van der Waals surface area contributed by atoms with Gasteiger partial charge in [0.05, 0.1) is 12.8 Å². The molecule has 118 valence electrons. The van der Waals surface area contributed by atoms with Crippen molar-refractivity contribution in [1.82, 2.24) is 0 Å². The molecule has 1 aromatic carbocycles. The Labute approximate surface area is 133 Å². The van der Waals surface area contributed by atoms with Gasteiger partial charge in [-0.25, -0.2) is 13.2 Å². The van der Waals surface area contributed by atoms with E-state index in [9.17, 15) is 13.2 Å². The first-order valence-electron chi connectivity index (χ1n) is 6.51. The first-order chi connectivity index (χ1) is 10.4. The van der Waals surface area contributed by atoms with Gasteiger partial charge < -0.3 is 4.74 Å². The molecule has 0 aliphatic rings. The van der Waals surface area contributed by atoms with Gasteiger partial charge in [0.2, 0.25) is 0 Å². The van der Waals surface area contributed by atoms with Gasteiger partial charge in [-0.05, 0) is 36.8 Å². The van der Waals surface area contributed by atoms with E-state index in [1.54, 1.807) is 30.3 Å². The number of methoxy groups -OCH3 is 1. The van der Waals surface area contributed by atoms with E-state index in [-0.39, 0.29) is 4.21 Å². The number of carbonyl (C=O) groups is 1. The highest BCUT2D eigenvalue weighted by Gasteiger charge is 2.17. The minimum atomic E-state index is -3.63. The van der Waals surface area contributed by atoms with Crippen LogP contribution >= 0.6 is 11.3 Å². The molecule has 0 spiro atoms. The zero-order valence-corrected chi connectivity index (χ0v) is 13.8. The minimum Gasteiger partial charge on any atom is -0.453 e. The first kappa shape index (κ1) is 16.3. The van der Waals surface area contributed by atoms with Crippen LogP contribution in [0.5, 0.6) is 0 Å². The summed E-state index contributed by atoms with van der Waals surface area (Å²) in [5.74, 6) is 0. The van der Waals surface area contributed by atoms with Crippen molar-refractivity contribution in [2.24, 2.45) is 0 Å². The molecule has 6 nitrogen and oxygen atoms in total. The summed E-state index contributed by atoms with van der Waals surface area (Å²) in [4.78, 5) is 12.2. The lowest BCUT2D eigenvalue weighted by Crippen LogP contribution is -2.13. The Morgan fingerprint density at radius 3 is 2.59 bits per heavy atom. The predicted octanol–water partition coefficient (Wildman–Crippen LogP) is 3.29. The van der Waals surface area contributed by atoms with Gasteiger partial charge in [0.15, 0.2) is 0 Å². The van der Waals surface area contributed by atoms with Crippen LogP contribution < -0.4 is 10.0 Å². The molecule has 2 N–H and O–H groups in total. The summed E-state index contributed by atoms with van der Waals surface area (Å²) in [7, 11) is -2.37. The summed E-state index contributed by atoms with van der Waals surface area (Å²) in [5, 5.41) is 2.48. The number of amides is 1. The second-order valence-corrected chi connectivity index (χ2v) is 7.45. The van der Waals surface area contributed by atoms with E-state index < -0.39 is 16.1 Å². The minimum absolute atomic E-state index is 0.260. The van der Waals surface area contributed by atoms with Crippen molar-refractivity contribution in [3.05, 3.63) is 41.3 Å². The lowest BCUT2D eigenvalue weighted by Gasteiger charge is -2.08. The number of hydrogen-bond acceptors (Lipinski definition) is 5. The molecule has 2 aromatic rings. The number of hydrogen-bond donors (Lipinski definition) is 2. The summed E-state index contributed by atoms with van der Waals surface area (Å²) < 4.78 is 31.9. The highest BCUT2D eigenvalue weighted by Crippen LogP contribution is 2.25. The Kier molecular flexibility index (Phi) is 5.04. The molecule has 22 heavy (non-hydrogen) atoms. The Morgan fingerprint density at radius 1 is 1.23 bits per heavy atom. The number of anilines is 2. The van der Waals surface area contributed by atoms with Crippen LogP contribution in [0.4, 0.5) is 16.2 Å². The van der Waals surface area contributed by atoms with Crippen LogP contribution in [-0.2, 0) is 21.2 Å². The quantitative estimate of drug-likeness (QED) is 0.875. The summed E-state index contributed by atoms with van der Waals surface area (Å²) >= 11 is 1.24. The normalized spacial score (nSPS) is 11.0. The Bertz CT molecular complexity index is 769. The molecule has 0 fully saturated rings. The third kappa shape index (κ3) is 3.99. The highest BCUT2D eigenvalue weighted by atomic mass is 32.2. The Morgan fingerprint density at radius 2 is 1.95 bits per heavy atom. The number of benzene rings is 1. The van der Waals surface area contributed by atoms with Crippen LogP contribution in [0, 0.1) is 0 Å². The van der Waals surface area contributed by atoms with E-state index in [0.29, 0.717) is 11.4 Å². The Hall–Kier alpha value is -2.06. The molecule has 0 atom stereocenters. The van der Waals surface area contributed by atoms with E-state index in [4.69, 9.17) is 0 Å². The van der Waals surface area contributed by atoms with Gasteiger partial charge in [0.25, 0.3) is 10.0 Å². The van der Waals surface area contributed by atoms with Crippen molar-refractivity contribution in [1.29, 1.82) is 0 Å². The number of carbonyl (C=O) groups excluding carboxylic acids is 1. The van der Waals surface area contributed by atoms with Gasteiger partial charge in [0, 0.05) is 10.6 Å². The fraction of sp³-hybridized carbons (Fsp3) is 0.214. The van der Waals surface area contributed by atoms with Crippen molar-refractivity contribution in [3.8, 4) is 0 Å². The maximum atomic E-state index is 12.3. The van der Waals surface area contributed by atoms with Gasteiger partial charge in [-0.1, -0.05) is 13.0 Å². The number of aryl methyl sites for hydroxylation is 1. The van der Waals surface area contributed by atoms with Crippen LogP contribution in [0.2, 0.25) is 0 Å². The zero-order valence-electron chi connectivity index (χ0n) is 12.1. The molecule has 0 aliphatic carbocycles. The van der Waals surface area contributed by atoms with Crippen LogP contribution in [0.1, 0.15) is 11.8 Å². The lowest BCUT2D eigenvalue weighted by atomic mass is 10.3. The predicted molar refractivity (Wildman–Crippen MR) is 87.0 cm³/mol. The third-order valence-electron chi connectivity index (χ3n) is 2.80. The van der Waals surface area contributed by atoms with Gasteiger partial charge in [-0.2, -0.15) is 0 Å². The molecule has 2 rings (SSSR count). The maximum Gasteiger partial charge on any atom is 0.411 e. The molecule has 1 heterocycles. The largest absolute Gasteiger partial charge is 0.453 e.